The molecule has 0 radical (unpaired) electrons. The average molecular weight is 374 g/mol. The largest absolute Gasteiger partial charge is 0.370 e. The van der Waals surface area contributed by atoms with Crippen LogP contribution >= 0.6 is 0 Å². The third-order valence-corrected chi connectivity index (χ3v) is 5.52. The molecule has 0 spiro atoms. The fourth-order valence-electron chi connectivity index (χ4n) is 3.65. The molecule has 1 heterocycles. The van der Waals surface area contributed by atoms with Crippen LogP contribution in [-0.4, -0.2) is 62.1 Å². The number of nitrogens with one attached hydrogen (secondary N) is 1. The van der Waals surface area contributed by atoms with Gasteiger partial charge in [-0.25, -0.2) is 0 Å². The van der Waals surface area contributed by atoms with Crippen LogP contribution in [0.1, 0.15) is 26.2 Å². The number of carbonyl (C=O) groups excluding carboxylic acids is 2. The van der Waals surface area contributed by atoms with Crippen molar-refractivity contribution < 1.29 is 14.3 Å². The molecule has 1 aromatic carbocycles. The summed E-state index contributed by atoms with van der Waals surface area (Å²) >= 11 is 0. The number of carbonyl (C=O) groups is 2. The lowest BCUT2D eigenvalue weighted by Crippen LogP contribution is -2.50. The van der Waals surface area contributed by atoms with Gasteiger partial charge in [-0.05, 0) is 49.6 Å². The molecule has 0 unspecified atom stereocenters. The van der Waals surface area contributed by atoms with Gasteiger partial charge in [0.15, 0.2) is 0 Å². The number of hydrogen-bond donors (Lipinski definition) is 2. The van der Waals surface area contributed by atoms with Crippen molar-refractivity contribution in [3.63, 3.8) is 0 Å². The average Bonchev–Trinajstić information content (AvgIpc) is 2.64. The molecule has 1 aromatic rings. The molecular formula is C20H30N4O3. The van der Waals surface area contributed by atoms with Crippen molar-refractivity contribution in [2.45, 2.75) is 32.2 Å². The quantitative estimate of drug-likeness (QED) is 0.719. The number of morpholine rings is 1. The van der Waals surface area contributed by atoms with Crippen molar-refractivity contribution in [2.75, 3.05) is 49.6 Å². The number of nitrogens with two attached hydrogens (primary N) is 1. The highest BCUT2D eigenvalue weighted by Gasteiger charge is 2.28. The van der Waals surface area contributed by atoms with E-state index in [9.17, 15) is 9.59 Å². The van der Waals surface area contributed by atoms with Crippen molar-refractivity contribution >= 4 is 23.2 Å². The second-order valence-corrected chi connectivity index (χ2v) is 7.27. The Bertz CT molecular complexity index is 645. The number of anilines is 2. The molecule has 2 fully saturated rings. The normalized spacial score (nSPS) is 19.1. The molecule has 0 bridgehead atoms. The van der Waals surface area contributed by atoms with E-state index in [1.165, 1.54) is 19.3 Å². The van der Waals surface area contributed by atoms with Crippen LogP contribution in [0.15, 0.2) is 24.3 Å². The Morgan fingerprint density at radius 3 is 2.67 bits per heavy atom. The number of amides is 2. The molecule has 1 aliphatic carbocycles. The van der Waals surface area contributed by atoms with E-state index in [-0.39, 0.29) is 24.5 Å². The van der Waals surface area contributed by atoms with Crippen molar-refractivity contribution in [2.24, 2.45) is 11.7 Å². The van der Waals surface area contributed by atoms with Gasteiger partial charge in [0.05, 0.1) is 6.61 Å². The van der Waals surface area contributed by atoms with Crippen LogP contribution in [0, 0.1) is 5.92 Å². The number of nitrogens with zero attached hydrogens (tertiary/aromatic N) is 2. The van der Waals surface area contributed by atoms with E-state index in [1.54, 1.807) is 4.90 Å². The first-order valence-corrected chi connectivity index (χ1v) is 9.85. The molecule has 7 heteroatoms. The number of ether oxygens (including phenoxy) is 1. The highest BCUT2D eigenvalue weighted by atomic mass is 16.5. The topological polar surface area (TPSA) is 87.9 Å². The van der Waals surface area contributed by atoms with Crippen LogP contribution in [-0.2, 0) is 14.3 Å². The minimum atomic E-state index is -0.323. The van der Waals surface area contributed by atoms with Gasteiger partial charge in [-0.1, -0.05) is 13.3 Å². The Morgan fingerprint density at radius 2 is 2.11 bits per heavy atom. The summed E-state index contributed by atoms with van der Waals surface area (Å²) in [6.07, 6.45) is 3.79. The maximum atomic E-state index is 12.8. The molecule has 148 valence electrons. The summed E-state index contributed by atoms with van der Waals surface area (Å²) in [6, 6.07) is 7.03. The molecule has 1 atom stereocenters. The van der Waals surface area contributed by atoms with Gasteiger partial charge in [-0.15, -0.1) is 0 Å². The van der Waals surface area contributed by atoms with E-state index in [4.69, 9.17) is 10.5 Å². The monoisotopic (exact) mass is 374 g/mol. The van der Waals surface area contributed by atoms with Crippen LogP contribution in [0.2, 0.25) is 0 Å². The third kappa shape index (κ3) is 4.86. The lowest BCUT2D eigenvalue weighted by atomic mass is 9.85. The maximum absolute atomic E-state index is 12.8. The summed E-state index contributed by atoms with van der Waals surface area (Å²) < 4.78 is 5.16. The van der Waals surface area contributed by atoms with Crippen LogP contribution in [0.3, 0.4) is 0 Å². The molecule has 3 N–H and O–H groups in total. The van der Waals surface area contributed by atoms with Crippen molar-refractivity contribution in [3.8, 4) is 0 Å². The SMILES string of the molecule is CCN(CC1CCC1)[C@H](CN)C(=O)Nc1ccc(N2CCOCC2=O)cc1. The van der Waals surface area contributed by atoms with E-state index in [2.05, 4.69) is 17.1 Å². The molecule has 1 saturated carbocycles. The first-order chi connectivity index (χ1) is 13.1. The molecule has 2 amide bonds. The second-order valence-electron chi connectivity index (χ2n) is 7.27. The van der Waals surface area contributed by atoms with Gasteiger partial charge < -0.3 is 20.7 Å². The van der Waals surface area contributed by atoms with E-state index in [0.29, 0.717) is 31.3 Å². The molecule has 7 nitrogen and oxygen atoms in total. The molecular weight excluding hydrogens is 344 g/mol. The Balaban J connectivity index is 1.60. The fourth-order valence-corrected chi connectivity index (χ4v) is 3.65. The van der Waals surface area contributed by atoms with Crippen molar-refractivity contribution in [1.82, 2.24) is 4.90 Å². The summed E-state index contributed by atoms with van der Waals surface area (Å²) in [5.41, 5.74) is 7.44. The number of hydrogen-bond acceptors (Lipinski definition) is 5. The van der Waals surface area contributed by atoms with Crippen molar-refractivity contribution in [3.05, 3.63) is 24.3 Å². The summed E-state index contributed by atoms with van der Waals surface area (Å²) in [5, 5.41) is 2.97. The molecule has 1 aliphatic heterocycles. The van der Waals surface area contributed by atoms with Gasteiger partial charge in [0, 0.05) is 31.0 Å². The first kappa shape index (κ1) is 19.8. The van der Waals surface area contributed by atoms with Gasteiger partial charge in [0.1, 0.15) is 12.6 Å². The number of rotatable bonds is 8. The van der Waals surface area contributed by atoms with Gasteiger partial charge in [-0.2, -0.15) is 0 Å². The molecule has 1 saturated heterocycles. The Labute approximate surface area is 160 Å². The van der Waals surface area contributed by atoms with Crippen LogP contribution in [0.5, 0.6) is 0 Å². The maximum Gasteiger partial charge on any atom is 0.253 e. The number of benzene rings is 1. The fraction of sp³-hybridized carbons (Fsp3) is 0.600. The van der Waals surface area contributed by atoms with E-state index in [0.717, 1.165) is 18.8 Å². The Morgan fingerprint density at radius 1 is 1.37 bits per heavy atom. The van der Waals surface area contributed by atoms with Gasteiger partial charge >= 0.3 is 0 Å². The minimum Gasteiger partial charge on any atom is -0.370 e. The van der Waals surface area contributed by atoms with Crippen LogP contribution in [0.4, 0.5) is 11.4 Å². The van der Waals surface area contributed by atoms with Crippen LogP contribution < -0.4 is 16.0 Å². The summed E-state index contributed by atoms with van der Waals surface area (Å²) in [7, 11) is 0. The lowest BCUT2D eigenvalue weighted by Gasteiger charge is -2.35. The number of likely N-dealkylation sites (N-methyl/N-ethyl adjacent to an activating group) is 1. The smallest absolute Gasteiger partial charge is 0.253 e. The summed E-state index contributed by atoms with van der Waals surface area (Å²) in [4.78, 5) is 28.6. The van der Waals surface area contributed by atoms with Gasteiger partial charge in [-0.3, -0.25) is 14.5 Å². The van der Waals surface area contributed by atoms with Crippen molar-refractivity contribution in [1.29, 1.82) is 0 Å². The zero-order valence-corrected chi connectivity index (χ0v) is 16.0. The van der Waals surface area contributed by atoms with E-state index < -0.39 is 0 Å². The second kappa shape index (κ2) is 9.30. The third-order valence-electron chi connectivity index (χ3n) is 5.52. The molecule has 0 aromatic heterocycles. The van der Waals surface area contributed by atoms with E-state index in [1.807, 2.05) is 24.3 Å². The summed E-state index contributed by atoms with van der Waals surface area (Å²) in [5.74, 6) is 0.571. The Hall–Kier alpha value is -1.96. The molecule has 2 aliphatic rings. The minimum absolute atomic E-state index is 0.0455. The van der Waals surface area contributed by atoms with Crippen LogP contribution in [0.25, 0.3) is 0 Å². The predicted octanol–water partition coefficient (Wildman–Crippen LogP) is 1.44. The zero-order chi connectivity index (χ0) is 19.2. The molecule has 3 rings (SSSR count). The highest BCUT2D eigenvalue weighted by molar-refractivity contribution is 5.97. The standard InChI is InChI=1S/C20H30N4O3/c1-2-23(13-15-4-3-5-15)18(12-21)20(26)22-16-6-8-17(9-7-16)24-10-11-27-14-19(24)25/h6-9,15,18H,2-5,10-14,21H2,1H3,(H,22,26)/t18-/m1/s1. The predicted molar refractivity (Wildman–Crippen MR) is 106 cm³/mol. The molecule has 27 heavy (non-hydrogen) atoms. The van der Waals surface area contributed by atoms with E-state index >= 15 is 0 Å². The van der Waals surface area contributed by atoms with Gasteiger partial charge in [0.2, 0.25) is 5.91 Å². The summed E-state index contributed by atoms with van der Waals surface area (Å²) in [6.45, 7) is 5.32. The zero-order valence-electron chi connectivity index (χ0n) is 16.0. The lowest BCUT2D eigenvalue weighted by molar-refractivity contribution is -0.125. The highest BCUT2D eigenvalue weighted by Crippen LogP contribution is 2.27. The van der Waals surface area contributed by atoms with Gasteiger partial charge in [0.25, 0.3) is 5.91 Å². The first-order valence-electron chi connectivity index (χ1n) is 9.85. The Kier molecular flexibility index (Phi) is 6.82.